The Kier molecular flexibility index (Phi) is 13.1. The first-order valence-corrected chi connectivity index (χ1v) is 20.2. The zero-order valence-electron chi connectivity index (χ0n) is 33.5. The van der Waals surface area contributed by atoms with Crippen LogP contribution in [0, 0.1) is 0 Å². The number of para-hydroxylation sites is 1. The number of phenolic OH excluding ortho intramolecular Hbond substituents is 1. The molecule has 0 saturated carbocycles. The van der Waals surface area contributed by atoms with Gasteiger partial charge in [-0.1, -0.05) is 188 Å². The summed E-state index contributed by atoms with van der Waals surface area (Å²) < 4.78 is 0. The predicted octanol–water partition coefficient (Wildman–Crippen LogP) is 7.15. The summed E-state index contributed by atoms with van der Waals surface area (Å²) in [6.07, 6.45) is 0. The molecule has 4 amide bonds. The second-order valence-corrected chi connectivity index (χ2v) is 14.4. The maximum absolute atomic E-state index is 14.4. The Balaban J connectivity index is 0.994. The molecule has 0 saturated heterocycles. The van der Waals surface area contributed by atoms with E-state index in [4.69, 9.17) is 0 Å². The van der Waals surface area contributed by atoms with Gasteiger partial charge in [-0.05, 0) is 45.5 Å². The summed E-state index contributed by atoms with van der Waals surface area (Å²) in [4.78, 5) is 55.6. The highest BCUT2D eigenvalue weighted by molar-refractivity contribution is 6.04. The molecule has 7 rings (SSSR count). The first-order valence-electron chi connectivity index (χ1n) is 20.2. The Morgan fingerprint density at radius 3 is 0.803 bits per heavy atom. The first kappa shape index (κ1) is 41.4. The third-order valence-electron chi connectivity index (χ3n) is 10.8. The summed E-state index contributed by atoms with van der Waals surface area (Å²) in [7, 11) is 0. The zero-order chi connectivity index (χ0) is 42.5. The van der Waals surface area contributed by atoms with Crippen molar-refractivity contribution < 1.29 is 24.3 Å². The second kappa shape index (κ2) is 19.3. The average Bonchev–Trinajstić information content (AvgIpc) is 3.32. The van der Waals surface area contributed by atoms with Crippen molar-refractivity contribution in [2.75, 3.05) is 26.2 Å². The van der Waals surface area contributed by atoms with Gasteiger partial charge in [0.25, 0.3) is 11.8 Å². The fourth-order valence-corrected chi connectivity index (χ4v) is 7.99. The number of amides is 4. The minimum absolute atomic E-state index is 0.0466. The minimum Gasteiger partial charge on any atom is -0.506 e. The molecule has 304 valence electrons. The number of rotatable bonds is 16. The third-order valence-corrected chi connectivity index (χ3v) is 10.8. The maximum atomic E-state index is 14.4. The van der Waals surface area contributed by atoms with E-state index in [-0.39, 0.29) is 49.1 Å². The Morgan fingerprint density at radius 1 is 0.328 bits per heavy atom. The molecule has 0 bridgehead atoms. The molecule has 0 aliphatic heterocycles. The Bertz CT molecular complexity index is 2190. The largest absolute Gasteiger partial charge is 0.506 e. The van der Waals surface area contributed by atoms with Crippen molar-refractivity contribution in [3.63, 3.8) is 0 Å². The second-order valence-electron chi connectivity index (χ2n) is 14.4. The highest BCUT2D eigenvalue weighted by atomic mass is 16.3. The number of hydrogen-bond donors (Lipinski definition) is 5. The van der Waals surface area contributed by atoms with Gasteiger partial charge in [-0.2, -0.15) is 0 Å². The molecule has 5 N–H and O–H groups in total. The van der Waals surface area contributed by atoms with Gasteiger partial charge in [0.05, 0.1) is 11.1 Å². The van der Waals surface area contributed by atoms with Crippen LogP contribution in [0.2, 0.25) is 0 Å². The van der Waals surface area contributed by atoms with Crippen LogP contribution in [0.1, 0.15) is 54.1 Å². The minimum atomic E-state index is -1.18. The summed E-state index contributed by atoms with van der Waals surface area (Å²) >= 11 is 0. The zero-order valence-corrected chi connectivity index (χ0v) is 33.5. The van der Waals surface area contributed by atoms with Crippen molar-refractivity contribution in [3.05, 3.63) is 245 Å². The van der Waals surface area contributed by atoms with Crippen molar-refractivity contribution in [1.29, 1.82) is 0 Å². The molecule has 0 fully saturated rings. The van der Waals surface area contributed by atoms with Crippen molar-refractivity contribution >= 4 is 23.6 Å². The van der Waals surface area contributed by atoms with Gasteiger partial charge in [-0.15, -0.1) is 0 Å². The number of phenols is 1. The van der Waals surface area contributed by atoms with Crippen molar-refractivity contribution in [2.45, 2.75) is 10.8 Å². The fourth-order valence-electron chi connectivity index (χ4n) is 7.99. The van der Waals surface area contributed by atoms with E-state index in [0.717, 1.165) is 33.4 Å². The van der Waals surface area contributed by atoms with Gasteiger partial charge in [0.2, 0.25) is 11.8 Å². The quantitative estimate of drug-likeness (QED) is 0.0522. The van der Waals surface area contributed by atoms with Gasteiger partial charge in [0.1, 0.15) is 16.6 Å². The van der Waals surface area contributed by atoms with Gasteiger partial charge in [0.15, 0.2) is 0 Å². The molecule has 0 aliphatic carbocycles. The predicted molar refractivity (Wildman–Crippen MR) is 237 cm³/mol. The molecular weight excluding hydrogens is 761 g/mol. The lowest BCUT2D eigenvalue weighted by Gasteiger charge is -2.34. The third kappa shape index (κ3) is 8.54. The number of hydrogen-bond acceptors (Lipinski definition) is 5. The van der Waals surface area contributed by atoms with Gasteiger partial charge in [-0.3, -0.25) is 19.2 Å². The van der Waals surface area contributed by atoms with Crippen LogP contribution in [-0.4, -0.2) is 54.9 Å². The van der Waals surface area contributed by atoms with Crippen LogP contribution < -0.4 is 21.3 Å². The van der Waals surface area contributed by atoms with E-state index < -0.39 is 28.4 Å². The van der Waals surface area contributed by atoms with Crippen molar-refractivity contribution in [3.8, 4) is 5.75 Å². The van der Waals surface area contributed by atoms with Gasteiger partial charge in [-0.25, -0.2) is 0 Å². The molecular formula is C52H46N4O5. The van der Waals surface area contributed by atoms with Crippen LogP contribution in [-0.2, 0) is 20.4 Å². The van der Waals surface area contributed by atoms with Crippen LogP contribution in [0.15, 0.2) is 200 Å². The number of nitrogens with one attached hydrogen (secondary N) is 4. The monoisotopic (exact) mass is 806 g/mol. The summed E-state index contributed by atoms with van der Waals surface area (Å²) in [6, 6.07) is 61.7. The molecule has 0 spiro atoms. The average molecular weight is 807 g/mol. The van der Waals surface area contributed by atoms with E-state index in [1.54, 1.807) is 0 Å². The lowest BCUT2D eigenvalue weighted by atomic mass is 9.68. The summed E-state index contributed by atoms with van der Waals surface area (Å²) in [5, 5.41) is 22.7. The van der Waals surface area contributed by atoms with Crippen LogP contribution in [0.4, 0.5) is 0 Å². The Labute approximate surface area is 355 Å². The first-order chi connectivity index (χ1) is 29.9. The number of carbonyl (C=O) groups is 4. The van der Waals surface area contributed by atoms with E-state index >= 15 is 0 Å². The summed E-state index contributed by atoms with van der Waals surface area (Å²) in [6.45, 7) is 0.271. The fraction of sp³-hybridized carbons (Fsp3) is 0.115. The SMILES string of the molecule is O=C(NCCNC(=O)C(c1ccccc1)(c1ccccc1)c1ccccc1)c1cccc(C(=O)NCCNC(=O)C(c2ccccc2)(c2ccccc2)c2ccccc2)c1O. The number of benzene rings is 7. The molecule has 7 aromatic carbocycles. The van der Waals surface area contributed by atoms with Crippen LogP contribution in [0.5, 0.6) is 5.75 Å². The van der Waals surface area contributed by atoms with Gasteiger partial charge >= 0.3 is 0 Å². The van der Waals surface area contributed by atoms with E-state index in [9.17, 15) is 24.3 Å². The molecule has 0 aliphatic rings. The molecule has 7 aromatic rings. The highest BCUT2D eigenvalue weighted by Crippen LogP contribution is 2.41. The van der Waals surface area contributed by atoms with Crippen LogP contribution >= 0.6 is 0 Å². The molecule has 9 nitrogen and oxygen atoms in total. The molecule has 9 heteroatoms. The van der Waals surface area contributed by atoms with Crippen LogP contribution in [0.3, 0.4) is 0 Å². The van der Waals surface area contributed by atoms with E-state index in [1.807, 2.05) is 182 Å². The molecule has 61 heavy (non-hydrogen) atoms. The number of carbonyl (C=O) groups excluding carboxylic acids is 4. The van der Waals surface area contributed by atoms with Crippen LogP contribution in [0.25, 0.3) is 0 Å². The lowest BCUT2D eigenvalue weighted by Crippen LogP contribution is -2.48. The molecule has 0 aromatic heterocycles. The maximum Gasteiger partial charge on any atom is 0.255 e. The van der Waals surface area contributed by atoms with Crippen molar-refractivity contribution in [1.82, 2.24) is 21.3 Å². The normalized spacial score (nSPS) is 11.2. The smallest absolute Gasteiger partial charge is 0.255 e. The summed E-state index contributed by atoms with van der Waals surface area (Å²) in [5.74, 6) is -2.26. The van der Waals surface area contributed by atoms with E-state index in [0.29, 0.717) is 0 Å². The Morgan fingerprint density at radius 2 is 0.557 bits per heavy atom. The Hall–Kier alpha value is -7.78. The van der Waals surface area contributed by atoms with E-state index in [2.05, 4.69) is 21.3 Å². The number of aromatic hydroxyl groups is 1. The standard InChI is InChI=1S/C52H46N4O5/c57-46-44(47(58)53-34-36-55-49(60)51(38-20-7-1-8-21-38,39-22-9-2-10-23-39)40-24-11-3-12-25-40)32-19-33-45(46)48(59)54-35-37-56-50(61)52(41-26-13-4-14-27-41,42-28-15-5-16-29-42)43-30-17-6-18-31-43/h1-33,57H,34-37H2,(H,53,58)(H,54,59)(H,55,60)(H,56,61). The van der Waals surface area contributed by atoms with Crippen molar-refractivity contribution in [2.24, 2.45) is 0 Å². The highest BCUT2D eigenvalue weighted by Gasteiger charge is 2.44. The van der Waals surface area contributed by atoms with Gasteiger partial charge in [0, 0.05) is 26.2 Å². The van der Waals surface area contributed by atoms with E-state index in [1.165, 1.54) is 18.2 Å². The molecule has 0 heterocycles. The molecule has 0 unspecified atom stereocenters. The summed E-state index contributed by atoms with van der Waals surface area (Å²) in [5.41, 5.74) is 2.18. The lowest BCUT2D eigenvalue weighted by molar-refractivity contribution is -0.124. The van der Waals surface area contributed by atoms with Gasteiger partial charge < -0.3 is 26.4 Å². The topological polar surface area (TPSA) is 137 Å². The molecule has 0 atom stereocenters. The molecule has 0 radical (unpaired) electrons.